The number of amides is 1. The standard InChI is InChI=1S/C19H23N5O/c1-12-20-17-16(23(12)11-13-7-4-3-5-8-13)18(25)22(2)19-21-14-9-6-10-15(14)24(17)19/h3-5,7-8,14-15,19,21H,6,9-11H2,1-2H3/t14-,15+,19?/m1/s1. The zero-order chi connectivity index (χ0) is 17.1. The van der Waals surface area contributed by atoms with Crippen molar-refractivity contribution >= 4 is 11.7 Å². The van der Waals surface area contributed by atoms with Gasteiger partial charge in [0.05, 0.1) is 0 Å². The quantitative estimate of drug-likeness (QED) is 0.910. The molecule has 3 atom stereocenters. The molecule has 1 unspecified atom stereocenters. The van der Waals surface area contributed by atoms with Crippen molar-refractivity contribution in [2.45, 2.75) is 51.1 Å². The van der Waals surface area contributed by atoms with Crippen molar-refractivity contribution < 1.29 is 4.79 Å². The Morgan fingerprint density at radius 1 is 1.24 bits per heavy atom. The third kappa shape index (κ3) is 2.07. The van der Waals surface area contributed by atoms with Gasteiger partial charge in [-0.25, -0.2) is 4.98 Å². The molecule has 0 bridgehead atoms. The van der Waals surface area contributed by atoms with Crippen LogP contribution in [-0.2, 0) is 6.54 Å². The second kappa shape index (κ2) is 5.33. The minimum atomic E-state index is -0.0604. The number of nitrogens with zero attached hydrogens (tertiary/aromatic N) is 4. The Balaban J connectivity index is 1.61. The number of rotatable bonds is 2. The van der Waals surface area contributed by atoms with E-state index in [2.05, 4.69) is 26.9 Å². The topological polar surface area (TPSA) is 53.4 Å². The summed E-state index contributed by atoms with van der Waals surface area (Å²) in [7, 11) is 1.90. The van der Waals surface area contributed by atoms with Crippen molar-refractivity contribution in [1.29, 1.82) is 0 Å². The second-order valence-electron chi connectivity index (χ2n) is 7.37. The van der Waals surface area contributed by atoms with Crippen LogP contribution in [0.4, 0.5) is 5.82 Å². The molecule has 130 valence electrons. The molecule has 1 saturated heterocycles. The van der Waals surface area contributed by atoms with E-state index in [1.165, 1.54) is 24.8 Å². The molecule has 3 aliphatic rings. The van der Waals surface area contributed by atoms with Crippen LogP contribution in [0, 0.1) is 6.92 Å². The highest BCUT2D eigenvalue weighted by molar-refractivity contribution is 6.00. The number of carbonyl (C=O) groups excluding carboxylic acids is 1. The molecule has 3 heterocycles. The van der Waals surface area contributed by atoms with E-state index in [0.29, 0.717) is 18.6 Å². The molecule has 6 heteroatoms. The summed E-state index contributed by atoms with van der Waals surface area (Å²) in [5.74, 6) is 1.82. The molecule has 0 spiro atoms. The fourth-order valence-corrected chi connectivity index (χ4v) is 4.67. The maximum Gasteiger partial charge on any atom is 0.276 e. The lowest BCUT2D eigenvalue weighted by atomic mass is 10.1. The number of nitrogens with one attached hydrogen (secondary N) is 1. The summed E-state index contributed by atoms with van der Waals surface area (Å²) in [6.45, 7) is 2.67. The highest BCUT2D eigenvalue weighted by Gasteiger charge is 2.51. The average molecular weight is 337 g/mol. The van der Waals surface area contributed by atoms with Crippen LogP contribution in [0.1, 0.15) is 41.1 Å². The molecule has 2 aromatic rings. The van der Waals surface area contributed by atoms with Gasteiger partial charge < -0.3 is 14.4 Å². The third-order valence-corrected chi connectivity index (χ3v) is 5.92. The number of aryl methyl sites for hydroxylation is 1. The van der Waals surface area contributed by atoms with Crippen LogP contribution < -0.4 is 10.2 Å². The van der Waals surface area contributed by atoms with Gasteiger partial charge >= 0.3 is 0 Å². The second-order valence-corrected chi connectivity index (χ2v) is 7.37. The van der Waals surface area contributed by atoms with E-state index in [1.54, 1.807) is 0 Å². The molecule has 1 N–H and O–H groups in total. The highest BCUT2D eigenvalue weighted by Crippen LogP contribution is 2.40. The SMILES string of the molecule is Cc1nc2c(n1Cc1ccccc1)C(=O)N(C)C1N[C@@H]3CCC[C@@H]3N21. The van der Waals surface area contributed by atoms with Gasteiger partial charge in [-0.2, -0.15) is 0 Å². The lowest BCUT2D eigenvalue weighted by molar-refractivity contribution is 0.0682. The van der Waals surface area contributed by atoms with Crippen molar-refractivity contribution in [2.75, 3.05) is 11.9 Å². The van der Waals surface area contributed by atoms with Crippen LogP contribution in [-0.4, -0.2) is 45.8 Å². The number of benzene rings is 1. The molecule has 2 fully saturated rings. The Morgan fingerprint density at radius 2 is 2.04 bits per heavy atom. The number of hydrogen-bond acceptors (Lipinski definition) is 4. The Kier molecular flexibility index (Phi) is 3.19. The first-order valence-corrected chi connectivity index (χ1v) is 9.08. The molecule has 6 nitrogen and oxygen atoms in total. The summed E-state index contributed by atoms with van der Waals surface area (Å²) in [4.78, 5) is 22.1. The van der Waals surface area contributed by atoms with Crippen molar-refractivity contribution in [3.8, 4) is 0 Å². The van der Waals surface area contributed by atoms with E-state index < -0.39 is 0 Å². The van der Waals surface area contributed by atoms with Gasteiger partial charge in [0.2, 0.25) is 0 Å². The zero-order valence-corrected chi connectivity index (χ0v) is 14.6. The maximum atomic E-state index is 13.1. The number of imidazole rings is 1. The van der Waals surface area contributed by atoms with Crippen LogP contribution in [0.25, 0.3) is 0 Å². The van der Waals surface area contributed by atoms with Crippen LogP contribution in [0.15, 0.2) is 30.3 Å². The van der Waals surface area contributed by atoms with Gasteiger partial charge in [-0.3, -0.25) is 10.1 Å². The minimum absolute atomic E-state index is 0.0558. The molecule has 25 heavy (non-hydrogen) atoms. The van der Waals surface area contributed by atoms with E-state index in [-0.39, 0.29) is 12.2 Å². The predicted octanol–water partition coefficient (Wildman–Crippen LogP) is 1.94. The summed E-state index contributed by atoms with van der Waals surface area (Å²) in [5.41, 5.74) is 1.91. The van der Waals surface area contributed by atoms with Crippen LogP contribution in [0.5, 0.6) is 0 Å². The van der Waals surface area contributed by atoms with Gasteiger partial charge in [-0.1, -0.05) is 30.3 Å². The van der Waals surface area contributed by atoms with Gasteiger partial charge in [-0.05, 0) is 31.7 Å². The van der Waals surface area contributed by atoms with E-state index in [9.17, 15) is 4.79 Å². The average Bonchev–Trinajstić information content (AvgIpc) is 3.27. The molecule has 1 aromatic carbocycles. The van der Waals surface area contributed by atoms with Gasteiger partial charge in [0, 0.05) is 25.7 Å². The smallest absolute Gasteiger partial charge is 0.276 e. The number of anilines is 1. The first kappa shape index (κ1) is 15.0. The first-order valence-electron chi connectivity index (χ1n) is 9.08. The lowest BCUT2D eigenvalue weighted by Crippen LogP contribution is -2.57. The van der Waals surface area contributed by atoms with Crippen molar-refractivity contribution in [3.05, 3.63) is 47.4 Å². The summed E-state index contributed by atoms with van der Waals surface area (Å²) >= 11 is 0. The molecule has 1 saturated carbocycles. The van der Waals surface area contributed by atoms with Crippen LogP contribution >= 0.6 is 0 Å². The summed E-state index contributed by atoms with van der Waals surface area (Å²) < 4.78 is 2.07. The Bertz CT molecular complexity index is 830. The van der Waals surface area contributed by atoms with Crippen molar-refractivity contribution in [2.24, 2.45) is 0 Å². The summed E-state index contributed by atoms with van der Waals surface area (Å²) in [6, 6.07) is 11.2. The number of carbonyl (C=O) groups is 1. The molecule has 5 rings (SSSR count). The molecule has 1 aromatic heterocycles. The molecule has 2 aliphatic heterocycles. The normalized spacial score (nSPS) is 27.4. The Hall–Kier alpha value is -2.34. The largest absolute Gasteiger partial charge is 0.318 e. The van der Waals surface area contributed by atoms with Crippen LogP contribution in [0.2, 0.25) is 0 Å². The lowest BCUT2D eigenvalue weighted by Gasteiger charge is -2.39. The molecular weight excluding hydrogens is 314 g/mol. The summed E-state index contributed by atoms with van der Waals surface area (Å²) in [5, 5.41) is 3.64. The first-order chi connectivity index (χ1) is 12.1. The molecule has 0 radical (unpaired) electrons. The van der Waals surface area contributed by atoms with E-state index >= 15 is 0 Å². The minimum Gasteiger partial charge on any atom is -0.318 e. The van der Waals surface area contributed by atoms with Crippen molar-refractivity contribution in [3.63, 3.8) is 0 Å². The van der Waals surface area contributed by atoms with E-state index in [4.69, 9.17) is 4.98 Å². The number of hydrogen-bond donors (Lipinski definition) is 1. The molecule has 1 amide bonds. The number of aromatic nitrogens is 2. The predicted molar refractivity (Wildman–Crippen MR) is 95.4 cm³/mol. The third-order valence-electron chi connectivity index (χ3n) is 5.92. The van der Waals surface area contributed by atoms with Gasteiger partial charge in [0.1, 0.15) is 5.82 Å². The van der Waals surface area contributed by atoms with Gasteiger partial charge in [0.25, 0.3) is 5.91 Å². The van der Waals surface area contributed by atoms with E-state index in [0.717, 1.165) is 17.3 Å². The number of fused-ring (bicyclic) bond motifs is 5. The zero-order valence-electron chi connectivity index (χ0n) is 14.6. The fourth-order valence-electron chi connectivity index (χ4n) is 4.67. The fraction of sp³-hybridized carbons (Fsp3) is 0.474. The van der Waals surface area contributed by atoms with Crippen LogP contribution in [0.3, 0.4) is 0 Å². The van der Waals surface area contributed by atoms with E-state index in [1.807, 2.05) is 37.1 Å². The Labute approximate surface area is 147 Å². The van der Waals surface area contributed by atoms with Gasteiger partial charge in [-0.15, -0.1) is 0 Å². The Morgan fingerprint density at radius 3 is 2.84 bits per heavy atom. The van der Waals surface area contributed by atoms with Crippen molar-refractivity contribution in [1.82, 2.24) is 19.8 Å². The highest BCUT2D eigenvalue weighted by atomic mass is 16.2. The molecular formula is C19H23N5O. The monoisotopic (exact) mass is 337 g/mol. The van der Waals surface area contributed by atoms with Gasteiger partial charge in [0.15, 0.2) is 17.8 Å². The summed E-state index contributed by atoms with van der Waals surface area (Å²) in [6.07, 6.45) is 3.52. The maximum absolute atomic E-state index is 13.1. The molecule has 1 aliphatic carbocycles.